The topological polar surface area (TPSA) is 40.6 Å². The van der Waals surface area contributed by atoms with E-state index in [9.17, 15) is 0 Å². The predicted molar refractivity (Wildman–Crippen MR) is 107 cm³/mol. The quantitative estimate of drug-likeness (QED) is 0.669. The molecule has 0 unspecified atom stereocenters. The van der Waals surface area contributed by atoms with Gasteiger partial charge in [-0.05, 0) is 41.2 Å². The molecule has 5 heteroatoms. The Labute approximate surface area is 158 Å². The number of hydrogen-bond donors (Lipinski definition) is 0. The van der Waals surface area contributed by atoms with Crippen LogP contribution in [0.5, 0.6) is 0 Å². The van der Waals surface area contributed by atoms with Crippen LogP contribution in [-0.2, 0) is 14.0 Å². The van der Waals surface area contributed by atoms with E-state index in [4.69, 9.17) is 14.0 Å². The number of ether oxygens (including phenoxy) is 1. The van der Waals surface area contributed by atoms with Crippen molar-refractivity contribution in [2.24, 2.45) is 0 Å². The number of nitrogens with zero attached hydrogens (tertiary/aromatic N) is 1. The van der Waals surface area contributed by atoms with Crippen LogP contribution in [0, 0.1) is 0 Å². The normalized spacial score (nSPS) is 21.9. The average Bonchev–Trinajstić information content (AvgIpc) is 3.17. The van der Waals surface area contributed by atoms with E-state index in [1.807, 2.05) is 31.3 Å². The maximum Gasteiger partial charge on any atom is 0.495 e. The third kappa shape index (κ3) is 2.70. The van der Waals surface area contributed by atoms with Crippen LogP contribution < -0.4 is 5.46 Å². The van der Waals surface area contributed by atoms with Gasteiger partial charge in [-0.15, -0.1) is 0 Å². The average molecular weight is 357 g/mol. The second-order valence-electron chi connectivity index (χ2n) is 6.99. The van der Waals surface area contributed by atoms with Crippen LogP contribution in [0.2, 0.25) is 0 Å². The molecule has 2 aliphatic rings. The number of methoxy groups -OCH3 is 1. The minimum absolute atomic E-state index is 0.0242. The SMILES string of the molecule is CO[C@@H](C)c1ccccc1B1O[C@H]2C=Cc3ccc4ncccc4c3[C@H]2O1. The van der Waals surface area contributed by atoms with Crippen molar-refractivity contribution in [1.82, 2.24) is 4.98 Å². The summed E-state index contributed by atoms with van der Waals surface area (Å²) in [6.45, 7) is 2.04. The molecule has 1 fully saturated rings. The van der Waals surface area contributed by atoms with Gasteiger partial charge in [0.05, 0.1) is 23.8 Å². The van der Waals surface area contributed by atoms with E-state index in [1.54, 1.807) is 7.11 Å². The van der Waals surface area contributed by atoms with Gasteiger partial charge in [0.2, 0.25) is 0 Å². The van der Waals surface area contributed by atoms with E-state index in [1.165, 1.54) is 5.56 Å². The highest BCUT2D eigenvalue weighted by Crippen LogP contribution is 2.41. The van der Waals surface area contributed by atoms with Gasteiger partial charge in [-0.2, -0.15) is 0 Å². The van der Waals surface area contributed by atoms with Crippen molar-refractivity contribution in [2.45, 2.75) is 25.2 Å². The Balaban J connectivity index is 1.57. The van der Waals surface area contributed by atoms with Gasteiger partial charge >= 0.3 is 7.12 Å². The van der Waals surface area contributed by atoms with Gasteiger partial charge in [0, 0.05) is 18.7 Å². The van der Waals surface area contributed by atoms with E-state index < -0.39 is 7.12 Å². The van der Waals surface area contributed by atoms with Crippen molar-refractivity contribution in [3.63, 3.8) is 0 Å². The summed E-state index contributed by atoms with van der Waals surface area (Å²) in [4.78, 5) is 4.49. The van der Waals surface area contributed by atoms with Crippen molar-refractivity contribution in [3.05, 3.63) is 77.5 Å². The highest BCUT2D eigenvalue weighted by molar-refractivity contribution is 6.62. The van der Waals surface area contributed by atoms with Gasteiger partial charge < -0.3 is 14.0 Å². The molecule has 0 amide bonds. The molecule has 27 heavy (non-hydrogen) atoms. The van der Waals surface area contributed by atoms with Crippen LogP contribution in [0.3, 0.4) is 0 Å². The van der Waals surface area contributed by atoms with Crippen LogP contribution in [0.1, 0.15) is 35.8 Å². The number of pyridine rings is 1. The molecule has 1 aromatic heterocycles. The second-order valence-corrected chi connectivity index (χ2v) is 6.99. The van der Waals surface area contributed by atoms with Crippen molar-refractivity contribution < 1.29 is 14.0 Å². The lowest BCUT2D eigenvalue weighted by Crippen LogP contribution is -2.36. The second kappa shape index (κ2) is 6.61. The van der Waals surface area contributed by atoms with Crippen molar-refractivity contribution >= 4 is 29.6 Å². The maximum atomic E-state index is 6.46. The summed E-state index contributed by atoms with van der Waals surface area (Å²) in [6, 6.07) is 16.4. The smallest absolute Gasteiger partial charge is 0.398 e. The van der Waals surface area contributed by atoms with Gasteiger partial charge in [-0.3, -0.25) is 4.98 Å². The molecule has 1 aliphatic heterocycles. The summed E-state index contributed by atoms with van der Waals surface area (Å²) in [5, 5.41) is 1.12. The zero-order chi connectivity index (χ0) is 18.4. The summed E-state index contributed by atoms with van der Waals surface area (Å²) >= 11 is 0. The van der Waals surface area contributed by atoms with E-state index in [0.29, 0.717) is 0 Å². The Morgan fingerprint density at radius 2 is 1.96 bits per heavy atom. The summed E-state index contributed by atoms with van der Waals surface area (Å²) in [5.41, 5.74) is 5.42. The highest BCUT2D eigenvalue weighted by atomic mass is 16.7. The van der Waals surface area contributed by atoms with Crippen LogP contribution in [-0.4, -0.2) is 25.3 Å². The lowest BCUT2D eigenvalue weighted by Gasteiger charge is -2.23. The lowest BCUT2D eigenvalue weighted by atomic mass is 9.75. The van der Waals surface area contributed by atoms with Gasteiger partial charge in [-0.1, -0.05) is 48.6 Å². The van der Waals surface area contributed by atoms with E-state index in [-0.39, 0.29) is 18.3 Å². The molecule has 0 radical (unpaired) electrons. The van der Waals surface area contributed by atoms with Gasteiger partial charge in [0.1, 0.15) is 0 Å². The number of benzene rings is 2. The first-order valence-corrected chi connectivity index (χ1v) is 9.24. The molecule has 2 heterocycles. The third-order valence-electron chi connectivity index (χ3n) is 5.50. The molecule has 0 bridgehead atoms. The van der Waals surface area contributed by atoms with E-state index >= 15 is 0 Å². The monoisotopic (exact) mass is 357 g/mol. The minimum Gasteiger partial charge on any atom is -0.398 e. The number of aromatic nitrogens is 1. The Kier molecular flexibility index (Phi) is 4.08. The molecule has 4 nitrogen and oxygen atoms in total. The Bertz CT molecular complexity index is 1030. The number of rotatable bonds is 3. The largest absolute Gasteiger partial charge is 0.495 e. The van der Waals surface area contributed by atoms with Crippen LogP contribution >= 0.6 is 0 Å². The summed E-state index contributed by atoms with van der Waals surface area (Å²) < 4.78 is 18.3. The summed E-state index contributed by atoms with van der Waals surface area (Å²) in [5.74, 6) is 0. The summed E-state index contributed by atoms with van der Waals surface area (Å²) in [6.07, 6.45) is 5.76. The molecule has 5 rings (SSSR count). The summed E-state index contributed by atoms with van der Waals surface area (Å²) in [7, 11) is 1.30. The van der Waals surface area contributed by atoms with Crippen molar-refractivity contribution in [1.29, 1.82) is 0 Å². The molecule has 0 N–H and O–H groups in total. The predicted octanol–water partition coefficient (Wildman–Crippen LogP) is 3.82. The van der Waals surface area contributed by atoms with E-state index in [2.05, 4.69) is 47.5 Å². The fourth-order valence-corrected chi connectivity index (χ4v) is 4.06. The van der Waals surface area contributed by atoms with Gasteiger partial charge in [0.25, 0.3) is 0 Å². The zero-order valence-electron chi connectivity index (χ0n) is 15.3. The minimum atomic E-state index is -0.420. The maximum absolute atomic E-state index is 6.46. The number of hydrogen-bond acceptors (Lipinski definition) is 4. The van der Waals surface area contributed by atoms with Crippen molar-refractivity contribution in [2.75, 3.05) is 7.11 Å². The molecule has 2 aromatic carbocycles. The standard InChI is InChI=1S/C22H20BNO3/c1-14(25-2)16-6-3-4-8-18(16)23-26-20-12-10-15-9-11-19-17(7-5-13-24-19)21(15)22(20)27-23/h3-14,20,22H,1-2H3/t14-,20-,22-/m0/s1. The molecular weight excluding hydrogens is 337 g/mol. The lowest BCUT2D eigenvalue weighted by molar-refractivity contribution is 0.120. The van der Waals surface area contributed by atoms with Crippen LogP contribution in [0.25, 0.3) is 17.0 Å². The molecule has 3 atom stereocenters. The highest BCUT2D eigenvalue weighted by Gasteiger charge is 2.44. The molecule has 3 aromatic rings. The fourth-order valence-electron chi connectivity index (χ4n) is 4.06. The first-order valence-electron chi connectivity index (χ1n) is 9.24. The Morgan fingerprint density at radius 1 is 1.07 bits per heavy atom. The molecule has 0 spiro atoms. The molecule has 1 aliphatic carbocycles. The van der Waals surface area contributed by atoms with Gasteiger partial charge in [-0.25, -0.2) is 0 Å². The van der Waals surface area contributed by atoms with Crippen molar-refractivity contribution in [3.8, 4) is 0 Å². The first kappa shape index (κ1) is 16.7. The first-order chi connectivity index (χ1) is 13.3. The Hall–Kier alpha value is -2.47. The molecule has 134 valence electrons. The molecule has 1 saturated heterocycles. The van der Waals surface area contributed by atoms with E-state index in [0.717, 1.165) is 27.5 Å². The zero-order valence-corrected chi connectivity index (χ0v) is 15.3. The third-order valence-corrected chi connectivity index (χ3v) is 5.50. The van der Waals surface area contributed by atoms with Crippen LogP contribution in [0.4, 0.5) is 0 Å². The molecule has 0 saturated carbocycles. The van der Waals surface area contributed by atoms with Gasteiger partial charge in [0.15, 0.2) is 0 Å². The molecular formula is C22H20BNO3. The Morgan fingerprint density at radius 3 is 2.85 bits per heavy atom. The fraction of sp³-hybridized carbons (Fsp3) is 0.227. The number of fused-ring (bicyclic) bond motifs is 5. The van der Waals surface area contributed by atoms with Crippen LogP contribution in [0.15, 0.2) is 60.8 Å².